The van der Waals surface area contributed by atoms with Gasteiger partial charge in [-0.1, -0.05) is 11.6 Å². The standard InChI is InChI=1S/C12H17ClN2O2/c1-16-11-6-15(7-12(11)17-2)10-4-3-8(13)5-9(10)14/h3-5,11-12H,6-7,14H2,1-2H3. The van der Waals surface area contributed by atoms with Crippen LogP contribution in [0.25, 0.3) is 0 Å². The minimum atomic E-state index is 0.0788. The molecule has 0 bridgehead atoms. The Balaban J connectivity index is 2.19. The average Bonchev–Trinajstić information content (AvgIpc) is 2.72. The lowest BCUT2D eigenvalue weighted by molar-refractivity contribution is -0.00461. The van der Waals surface area contributed by atoms with E-state index in [1.54, 1.807) is 20.3 Å². The first kappa shape index (κ1) is 12.5. The fourth-order valence-corrected chi connectivity index (χ4v) is 2.39. The molecule has 1 heterocycles. The third-order valence-electron chi connectivity index (χ3n) is 3.15. The summed E-state index contributed by atoms with van der Waals surface area (Å²) in [4.78, 5) is 2.16. The van der Waals surface area contributed by atoms with Crippen LogP contribution in [-0.2, 0) is 9.47 Å². The number of nitrogens with zero attached hydrogens (tertiary/aromatic N) is 1. The Bertz CT molecular complexity index is 388. The smallest absolute Gasteiger partial charge is 0.102 e. The molecule has 2 rings (SSSR count). The molecule has 1 aromatic carbocycles. The highest BCUT2D eigenvalue weighted by atomic mass is 35.5. The van der Waals surface area contributed by atoms with Crippen molar-refractivity contribution in [2.45, 2.75) is 12.2 Å². The van der Waals surface area contributed by atoms with E-state index in [9.17, 15) is 0 Å². The number of benzene rings is 1. The van der Waals surface area contributed by atoms with E-state index in [1.165, 1.54) is 0 Å². The van der Waals surface area contributed by atoms with Crippen LogP contribution in [0.3, 0.4) is 0 Å². The van der Waals surface area contributed by atoms with Crippen molar-refractivity contribution < 1.29 is 9.47 Å². The van der Waals surface area contributed by atoms with Gasteiger partial charge in [-0.3, -0.25) is 0 Å². The number of ether oxygens (including phenoxy) is 2. The van der Waals surface area contributed by atoms with Gasteiger partial charge in [0.1, 0.15) is 12.2 Å². The van der Waals surface area contributed by atoms with Crippen LogP contribution >= 0.6 is 11.6 Å². The van der Waals surface area contributed by atoms with Crippen LogP contribution in [-0.4, -0.2) is 39.5 Å². The summed E-state index contributed by atoms with van der Waals surface area (Å²) in [5.74, 6) is 0. The first-order valence-electron chi connectivity index (χ1n) is 5.51. The van der Waals surface area contributed by atoms with E-state index < -0.39 is 0 Å². The Morgan fingerprint density at radius 1 is 1.24 bits per heavy atom. The van der Waals surface area contributed by atoms with E-state index in [0.29, 0.717) is 10.7 Å². The Labute approximate surface area is 106 Å². The highest BCUT2D eigenvalue weighted by Crippen LogP contribution is 2.30. The summed E-state index contributed by atoms with van der Waals surface area (Å²) in [6, 6.07) is 5.54. The summed E-state index contributed by atoms with van der Waals surface area (Å²) in [7, 11) is 3.40. The molecule has 2 atom stereocenters. The van der Waals surface area contributed by atoms with Gasteiger partial charge in [0.25, 0.3) is 0 Å². The molecule has 0 radical (unpaired) electrons. The van der Waals surface area contributed by atoms with Crippen molar-refractivity contribution in [3.63, 3.8) is 0 Å². The summed E-state index contributed by atoms with van der Waals surface area (Å²) in [6.45, 7) is 1.56. The molecule has 1 fully saturated rings. The van der Waals surface area contributed by atoms with Gasteiger partial charge in [-0.05, 0) is 18.2 Å². The topological polar surface area (TPSA) is 47.7 Å². The van der Waals surface area contributed by atoms with Gasteiger partial charge in [-0.2, -0.15) is 0 Å². The Hall–Kier alpha value is -0.970. The number of hydrogen-bond acceptors (Lipinski definition) is 4. The fraction of sp³-hybridized carbons (Fsp3) is 0.500. The molecule has 0 amide bonds. The summed E-state index contributed by atoms with van der Waals surface area (Å²) in [6.07, 6.45) is 0.158. The predicted octanol–water partition coefficient (Wildman–Crippen LogP) is 1.77. The fourth-order valence-electron chi connectivity index (χ4n) is 2.21. The van der Waals surface area contributed by atoms with Crippen LogP contribution in [0.1, 0.15) is 0 Å². The molecule has 94 valence electrons. The highest BCUT2D eigenvalue weighted by molar-refractivity contribution is 6.31. The molecule has 1 saturated heterocycles. The molecule has 0 aliphatic carbocycles. The van der Waals surface area contributed by atoms with Gasteiger partial charge in [0.05, 0.1) is 11.4 Å². The molecular weight excluding hydrogens is 240 g/mol. The van der Waals surface area contributed by atoms with E-state index in [2.05, 4.69) is 4.90 Å². The van der Waals surface area contributed by atoms with Crippen LogP contribution in [0.4, 0.5) is 11.4 Å². The van der Waals surface area contributed by atoms with Gasteiger partial charge in [-0.25, -0.2) is 0 Å². The third kappa shape index (κ3) is 2.49. The molecule has 17 heavy (non-hydrogen) atoms. The van der Waals surface area contributed by atoms with E-state index >= 15 is 0 Å². The largest absolute Gasteiger partial charge is 0.397 e. The van der Waals surface area contributed by atoms with Crippen molar-refractivity contribution in [2.24, 2.45) is 0 Å². The van der Waals surface area contributed by atoms with Crippen molar-refractivity contribution in [1.29, 1.82) is 0 Å². The minimum absolute atomic E-state index is 0.0788. The average molecular weight is 257 g/mol. The van der Waals surface area contributed by atoms with Crippen LogP contribution in [0.5, 0.6) is 0 Å². The molecule has 1 aromatic rings. The number of nitrogen functional groups attached to an aromatic ring is 1. The van der Waals surface area contributed by atoms with Crippen molar-refractivity contribution in [1.82, 2.24) is 0 Å². The van der Waals surface area contributed by atoms with E-state index in [1.807, 2.05) is 12.1 Å². The van der Waals surface area contributed by atoms with E-state index in [4.69, 9.17) is 26.8 Å². The zero-order valence-corrected chi connectivity index (χ0v) is 10.8. The van der Waals surface area contributed by atoms with Gasteiger partial charge < -0.3 is 20.1 Å². The van der Waals surface area contributed by atoms with Crippen molar-refractivity contribution >= 4 is 23.0 Å². The number of anilines is 2. The quantitative estimate of drug-likeness (QED) is 0.838. The van der Waals surface area contributed by atoms with E-state index in [-0.39, 0.29) is 12.2 Å². The second-order valence-electron chi connectivity index (χ2n) is 4.16. The summed E-state index contributed by atoms with van der Waals surface area (Å²) in [5, 5.41) is 0.650. The number of methoxy groups -OCH3 is 2. The SMILES string of the molecule is COC1CN(c2ccc(Cl)cc2N)CC1OC. The summed E-state index contributed by atoms with van der Waals surface area (Å²) in [5.41, 5.74) is 7.63. The maximum atomic E-state index is 5.97. The number of nitrogens with two attached hydrogens (primary N) is 1. The van der Waals surface area contributed by atoms with Gasteiger partial charge in [0.15, 0.2) is 0 Å². The number of hydrogen-bond donors (Lipinski definition) is 1. The Morgan fingerprint density at radius 3 is 2.29 bits per heavy atom. The molecule has 0 saturated carbocycles. The second-order valence-corrected chi connectivity index (χ2v) is 4.59. The predicted molar refractivity (Wildman–Crippen MR) is 69.7 cm³/mol. The van der Waals surface area contributed by atoms with Crippen LogP contribution < -0.4 is 10.6 Å². The molecular formula is C12H17ClN2O2. The van der Waals surface area contributed by atoms with Crippen molar-refractivity contribution in [3.05, 3.63) is 23.2 Å². The molecule has 5 heteroatoms. The normalized spacial score (nSPS) is 24.3. The highest BCUT2D eigenvalue weighted by Gasteiger charge is 2.33. The number of rotatable bonds is 3. The Kier molecular flexibility index (Phi) is 3.76. The third-order valence-corrected chi connectivity index (χ3v) is 3.39. The van der Waals surface area contributed by atoms with Gasteiger partial charge in [0, 0.05) is 32.3 Å². The first-order valence-corrected chi connectivity index (χ1v) is 5.89. The summed E-state index contributed by atoms with van der Waals surface area (Å²) >= 11 is 5.89. The minimum Gasteiger partial charge on any atom is -0.397 e. The zero-order chi connectivity index (χ0) is 12.4. The monoisotopic (exact) mass is 256 g/mol. The van der Waals surface area contributed by atoms with Gasteiger partial charge in [-0.15, -0.1) is 0 Å². The second kappa shape index (κ2) is 5.12. The number of halogens is 1. The van der Waals surface area contributed by atoms with E-state index in [0.717, 1.165) is 18.8 Å². The van der Waals surface area contributed by atoms with Crippen LogP contribution in [0.15, 0.2) is 18.2 Å². The maximum absolute atomic E-state index is 5.97. The maximum Gasteiger partial charge on any atom is 0.102 e. The molecule has 0 spiro atoms. The molecule has 0 aromatic heterocycles. The van der Waals surface area contributed by atoms with Crippen LogP contribution in [0, 0.1) is 0 Å². The lowest BCUT2D eigenvalue weighted by Gasteiger charge is -2.20. The summed E-state index contributed by atoms with van der Waals surface area (Å²) < 4.78 is 10.8. The lowest BCUT2D eigenvalue weighted by Crippen LogP contribution is -2.27. The van der Waals surface area contributed by atoms with Crippen molar-refractivity contribution in [2.75, 3.05) is 37.9 Å². The molecule has 1 aliphatic heterocycles. The zero-order valence-electron chi connectivity index (χ0n) is 10.0. The Morgan fingerprint density at radius 2 is 1.82 bits per heavy atom. The first-order chi connectivity index (χ1) is 8.15. The van der Waals surface area contributed by atoms with Gasteiger partial charge >= 0.3 is 0 Å². The van der Waals surface area contributed by atoms with Crippen LogP contribution in [0.2, 0.25) is 5.02 Å². The lowest BCUT2D eigenvalue weighted by atomic mass is 10.2. The molecule has 2 N–H and O–H groups in total. The molecule has 4 nitrogen and oxygen atoms in total. The van der Waals surface area contributed by atoms with Crippen molar-refractivity contribution in [3.8, 4) is 0 Å². The molecule has 1 aliphatic rings. The van der Waals surface area contributed by atoms with Gasteiger partial charge in [0.2, 0.25) is 0 Å². The molecule has 2 unspecified atom stereocenters.